The van der Waals surface area contributed by atoms with Crippen LogP contribution in [-0.4, -0.2) is 21.5 Å². The van der Waals surface area contributed by atoms with Crippen molar-refractivity contribution in [2.75, 3.05) is 0 Å². The Hall–Kier alpha value is -3.41. The molecule has 1 aromatic heterocycles. The normalized spacial score (nSPS) is 15.1. The van der Waals surface area contributed by atoms with E-state index in [2.05, 4.69) is 17.1 Å². The van der Waals surface area contributed by atoms with Crippen molar-refractivity contribution >= 4 is 11.6 Å². The summed E-state index contributed by atoms with van der Waals surface area (Å²) in [5.74, 6) is -1.32. The Labute approximate surface area is 172 Å². The molecule has 30 heavy (non-hydrogen) atoms. The number of hydrogen-bond acceptors (Lipinski definition) is 3. The van der Waals surface area contributed by atoms with Gasteiger partial charge in [0, 0.05) is 42.2 Å². The lowest BCUT2D eigenvalue weighted by molar-refractivity contribution is -0.132. The van der Waals surface area contributed by atoms with Crippen LogP contribution in [0.25, 0.3) is 0 Å². The number of hydrogen-bond donors (Lipinski definition) is 0. The summed E-state index contributed by atoms with van der Waals surface area (Å²) in [4.78, 5) is 23.3. The van der Waals surface area contributed by atoms with E-state index in [1.165, 1.54) is 12.1 Å². The fourth-order valence-electron chi connectivity index (χ4n) is 4.23. The van der Waals surface area contributed by atoms with E-state index in [1.807, 2.05) is 19.1 Å². The van der Waals surface area contributed by atoms with Crippen molar-refractivity contribution in [1.29, 1.82) is 0 Å². The predicted molar refractivity (Wildman–Crippen MR) is 109 cm³/mol. The quantitative estimate of drug-likeness (QED) is 0.661. The molecule has 3 aromatic rings. The molecule has 0 spiro atoms. The van der Waals surface area contributed by atoms with Crippen LogP contribution in [-0.2, 0) is 30.8 Å². The first kappa shape index (κ1) is 18.6. The number of aryl methyl sites for hydroxylation is 1. The smallest absolute Gasteiger partial charge is 0.227 e. The number of halogens is 2. The zero-order chi connectivity index (χ0) is 20.8. The van der Waals surface area contributed by atoms with E-state index in [0.29, 0.717) is 18.7 Å². The number of pyridine rings is 1. The van der Waals surface area contributed by atoms with Crippen molar-refractivity contribution in [3.8, 4) is 0 Å². The molecule has 2 aromatic carbocycles. The molecule has 0 atom stereocenters. The molecule has 2 aliphatic heterocycles. The van der Waals surface area contributed by atoms with Crippen molar-refractivity contribution in [2.24, 2.45) is 4.99 Å². The lowest BCUT2D eigenvalue weighted by atomic mass is 9.91. The number of benzene rings is 2. The number of fused-ring (bicyclic) bond motifs is 2. The van der Waals surface area contributed by atoms with Gasteiger partial charge in [0.15, 0.2) is 0 Å². The van der Waals surface area contributed by atoms with Gasteiger partial charge >= 0.3 is 0 Å². The van der Waals surface area contributed by atoms with Gasteiger partial charge in [-0.15, -0.1) is 0 Å². The van der Waals surface area contributed by atoms with Crippen molar-refractivity contribution < 1.29 is 13.6 Å². The fourth-order valence-corrected chi connectivity index (χ4v) is 4.23. The number of aliphatic imine (C=N–C) groups is 1. The minimum atomic E-state index is -0.638. The van der Waals surface area contributed by atoms with Gasteiger partial charge in [-0.2, -0.15) is 0 Å². The third kappa shape index (κ3) is 3.38. The van der Waals surface area contributed by atoms with E-state index in [-0.39, 0.29) is 18.9 Å². The number of carbonyl (C=O) groups excluding carboxylic acids is 1. The third-order valence-electron chi connectivity index (χ3n) is 5.61. The largest absolute Gasteiger partial charge is 0.334 e. The summed E-state index contributed by atoms with van der Waals surface area (Å²) in [6, 6.07) is 11.5. The molecule has 0 radical (unpaired) electrons. The van der Waals surface area contributed by atoms with Gasteiger partial charge in [-0.1, -0.05) is 6.07 Å². The average molecular weight is 403 g/mol. The summed E-state index contributed by atoms with van der Waals surface area (Å²) in [6.45, 7) is 3.13. The van der Waals surface area contributed by atoms with Gasteiger partial charge in [-0.3, -0.25) is 14.8 Å². The van der Waals surface area contributed by atoms with Crippen LogP contribution in [0.3, 0.4) is 0 Å². The topological polar surface area (TPSA) is 45.6 Å². The van der Waals surface area contributed by atoms with Crippen LogP contribution in [0.5, 0.6) is 0 Å². The second-order valence-electron chi connectivity index (χ2n) is 7.83. The van der Waals surface area contributed by atoms with E-state index in [1.54, 1.807) is 11.1 Å². The van der Waals surface area contributed by atoms with Gasteiger partial charge in [-0.05, 0) is 59.5 Å². The Morgan fingerprint density at radius 2 is 1.80 bits per heavy atom. The van der Waals surface area contributed by atoms with Crippen molar-refractivity contribution in [1.82, 2.24) is 9.88 Å². The molecule has 0 N–H and O–H groups in total. The minimum absolute atomic E-state index is 0.0454. The molecule has 0 saturated carbocycles. The predicted octanol–water partition coefficient (Wildman–Crippen LogP) is 4.10. The van der Waals surface area contributed by atoms with E-state index < -0.39 is 11.6 Å². The highest BCUT2D eigenvalue weighted by molar-refractivity contribution is 6.15. The molecule has 0 bridgehead atoms. The summed E-state index contributed by atoms with van der Waals surface area (Å²) in [6.07, 6.45) is 2.06. The number of carbonyl (C=O) groups is 1. The van der Waals surface area contributed by atoms with E-state index >= 15 is 0 Å². The van der Waals surface area contributed by atoms with Gasteiger partial charge < -0.3 is 4.90 Å². The first-order valence-electron chi connectivity index (χ1n) is 9.81. The maximum Gasteiger partial charge on any atom is 0.227 e. The molecular weight excluding hydrogens is 384 g/mol. The molecule has 2 aliphatic rings. The molecular formula is C24H19F2N3O. The number of nitrogens with zero attached hydrogens (tertiary/aromatic N) is 3. The Bertz CT molecular complexity index is 1200. The molecule has 5 rings (SSSR count). The molecule has 150 valence electrons. The maximum absolute atomic E-state index is 13.5. The summed E-state index contributed by atoms with van der Waals surface area (Å²) < 4.78 is 27.1. The highest BCUT2D eigenvalue weighted by Crippen LogP contribution is 2.30. The molecule has 1 amide bonds. The monoisotopic (exact) mass is 403 g/mol. The molecule has 3 heterocycles. The molecule has 0 saturated heterocycles. The average Bonchev–Trinajstić information content (AvgIpc) is 3.09. The summed E-state index contributed by atoms with van der Waals surface area (Å²) in [7, 11) is 0. The van der Waals surface area contributed by atoms with Crippen LogP contribution in [0.1, 0.15) is 39.1 Å². The lowest BCUT2D eigenvalue weighted by Crippen LogP contribution is -2.36. The van der Waals surface area contributed by atoms with E-state index in [0.717, 1.165) is 45.3 Å². The van der Waals surface area contributed by atoms with Crippen LogP contribution in [0.2, 0.25) is 0 Å². The fraction of sp³-hybridized carbons (Fsp3) is 0.208. The van der Waals surface area contributed by atoms with Crippen molar-refractivity contribution in [3.05, 3.63) is 99.4 Å². The van der Waals surface area contributed by atoms with Crippen molar-refractivity contribution in [3.63, 3.8) is 0 Å². The molecule has 0 fully saturated rings. The maximum atomic E-state index is 13.5. The second-order valence-corrected chi connectivity index (χ2v) is 7.83. The zero-order valence-electron chi connectivity index (χ0n) is 16.5. The first-order valence-corrected chi connectivity index (χ1v) is 9.81. The Morgan fingerprint density at radius 1 is 1.00 bits per heavy atom. The summed E-state index contributed by atoms with van der Waals surface area (Å²) in [5.41, 5.74) is 7.58. The number of amides is 1. The highest BCUT2D eigenvalue weighted by Gasteiger charge is 2.27. The molecule has 0 unspecified atom stereocenters. The molecule has 4 nitrogen and oxygen atoms in total. The Kier molecular flexibility index (Phi) is 4.42. The zero-order valence-corrected chi connectivity index (χ0v) is 16.5. The SMILES string of the molecule is Cc1cc(C2=NCc3cc4c(cc32)CN(Cc2cc(F)cc(F)c2)C(=O)C4)ccn1. The number of rotatable bonds is 3. The second kappa shape index (κ2) is 7.13. The van der Waals surface area contributed by atoms with Gasteiger partial charge in [0.1, 0.15) is 11.6 Å². The van der Waals surface area contributed by atoms with Gasteiger partial charge in [0.25, 0.3) is 0 Å². The standard InChI is InChI=1S/C24H19F2N3O/c1-14-4-16(2-3-27-14)24-22-8-19-13-29(12-15-5-20(25)10-21(26)6-15)23(30)9-17(19)7-18(22)11-28-24/h2-8,10H,9,11-13H2,1H3. The van der Waals surface area contributed by atoms with E-state index in [9.17, 15) is 13.6 Å². The summed E-state index contributed by atoms with van der Waals surface area (Å²) >= 11 is 0. The molecule has 6 heteroatoms. The van der Waals surface area contributed by atoms with Crippen LogP contribution < -0.4 is 0 Å². The van der Waals surface area contributed by atoms with E-state index in [4.69, 9.17) is 4.99 Å². The van der Waals surface area contributed by atoms with Crippen LogP contribution >= 0.6 is 0 Å². The van der Waals surface area contributed by atoms with Gasteiger partial charge in [0.2, 0.25) is 5.91 Å². The lowest BCUT2D eigenvalue weighted by Gasteiger charge is -2.29. The Morgan fingerprint density at radius 3 is 2.57 bits per heavy atom. The van der Waals surface area contributed by atoms with Gasteiger partial charge in [-0.25, -0.2) is 8.78 Å². The summed E-state index contributed by atoms with van der Waals surface area (Å²) in [5, 5.41) is 0. The molecule has 0 aliphatic carbocycles. The van der Waals surface area contributed by atoms with Crippen LogP contribution in [0.15, 0.2) is 53.7 Å². The van der Waals surface area contributed by atoms with Crippen LogP contribution in [0.4, 0.5) is 8.78 Å². The minimum Gasteiger partial charge on any atom is -0.334 e. The van der Waals surface area contributed by atoms with Gasteiger partial charge in [0.05, 0.1) is 18.7 Å². The highest BCUT2D eigenvalue weighted by atomic mass is 19.1. The van der Waals surface area contributed by atoms with Crippen molar-refractivity contribution in [2.45, 2.75) is 33.0 Å². The third-order valence-corrected chi connectivity index (χ3v) is 5.61. The number of aromatic nitrogens is 1. The Balaban J connectivity index is 1.45. The van der Waals surface area contributed by atoms with Crippen LogP contribution in [0, 0.1) is 18.6 Å². The first-order chi connectivity index (χ1) is 14.5.